The van der Waals surface area contributed by atoms with Gasteiger partial charge in [0.15, 0.2) is 0 Å². The molecule has 6 nitrogen and oxygen atoms in total. The summed E-state index contributed by atoms with van der Waals surface area (Å²) in [6, 6.07) is 2.10. The highest BCUT2D eigenvalue weighted by molar-refractivity contribution is 7.15. The monoisotopic (exact) mass is 293 g/mol. The Labute approximate surface area is 122 Å². The number of aromatic nitrogens is 2. The molecule has 0 unspecified atom stereocenters. The van der Waals surface area contributed by atoms with E-state index in [1.807, 2.05) is 0 Å². The van der Waals surface area contributed by atoms with Crippen molar-refractivity contribution in [1.82, 2.24) is 15.1 Å². The molecule has 1 saturated heterocycles. The number of rotatable bonds is 1. The number of carbonyl (C=O) groups is 1. The van der Waals surface area contributed by atoms with Crippen molar-refractivity contribution in [3.63, 3.8) is 0 Å². The Morgan fingerprint density at radius 3 is 2.55 bits per heavy atom. The van der Waals surface area contributed by atoms with Crippen LogP contribution >= 0.6 is 11.3 Å². The van der Waals surface area contributed by atoms with Crippen molar-refractivity contribution in [3.8, 4) is 6.07 Å². The SMILES string of the molecule is CC(C)(C)c1nnc(NC(=O)N2CCC(C#N)CC2)s1. The van der Waals surface area contributed by atoms with Gasteiger partial charge < -0.3 is 4.90 Å². The summed E-state index contributed by atoms with van der Waals surface area (Å²) in [5.74, 6) is 0.0769. The van der Waals surface area contributed by atoms with Gasteiger partial charge in [-0.2, -0.15) is 5.26 Å². The first-order valence-electron chi connectivity index (χ1n) is 6.69. The normalized spacial score (nSPS) is 16.8. The molecule has 0 bridgehead atoms. The van der Waals surface area contributed by atoms with E-state index in [1.165, 1.54) is 11.3 Å². The van der Waals surface area contributed by atoms with Gasteiger partial charge in [0.25, 0.3) is 0 Å². The van der Waals surface area contributed by atoms with Gasteiger partial charge in [-0.3, -0.25) is 5.32 Å². The number of hydrogen-bond acceptors (Lipinski definition) is 5. The molecule has 0 saturated carbocycles. The van der Waals surface area contributed by atoms with Gasteiger partial charge in [0.05, 0.1) is 6.07 Å². The lowest BCUT2D eigenvalue weighted by molar-refractivity contribution is 0.192. The molecule has 20 heavy (non-hydrogen) atoms. The molecule has 2 rings (SSSR count). The summed E-state index contributed by atoms with van der Waals surface area (Å²) in [7, 11) is 0. The molecular formula is C13H19N5OS. The third-order valence-electron chi connectivity index (χ3n) is 3.25. The van der Waals surface area contributed by atoms with Crippen molar-refractivity contribution >= 4 is 22.5 Å². The van der Waals surface area contributed by atoms with Crippen LogP contribution in [0.3, 0.4) is 0 Å². The van der Waals surface area contributed by atoms with Crippen molar-refractivity contribution in [2.45, 2.75) is 39.0 Å². The van der Waals surface area contributed by atoms with Gasteiger partial charge in [0.1, 0.15) is 5.01 Å². The van der Waals surface area contributed by atoms with Crippen LogP contribution in [0.15, 0.2) is 0 Å². The highest BCUT2D eigenvalue weighted by Gasteiger charge is 2.24. The molecule has 1 aliphatic heterocycles. The van der Waals surface area contributed by atoms with Crippen LogP contribution in [0.25, 0.3) is 0 Å². The standard InChI is InChI=1S/C13H19N5OS/c1-13(2,3)10-16-17-11(20-10)15-12(19)18-6-4-9(8-14)5-7-18/h9H,4-7H2,1-3H3,(H,15,17,19). The summed E-state index contributed by atoms with van der Waals surface area (Å²) < 4.78 is 0. The molecule has 0 spiro atoms. The van der Waals surface area contributed by atoms with Gasteiger partial charge in [-0.05, 0) is 12.8 Å². The van der Waals surface area contributed by atoms with E-state index in [1.54, 1.807) is 4.90 Å². The summed E-state index contributed by atoms with van der Waals surface area (Å²) in [5.41, 5.74) is -0.0637. The van der Waals surface area contributed by atoms with Gasteiger partial charge in [0.2, 0.25) is 5.13 Å². The second-order valence-corrected chi connectivity index (χ2v) is 6.96. The maximum absolute atomic E-state index is 12.1. The Kier molecular flexibility index (Phi) is 4.23. The molecule has 0 aliphatic carbocycles. The van der Waals surface area contributed by atoms with E-state index in [-0.39, 0.29) is 17.4 Å². The fraction of sp³-hybridized carbons (Fsp3) is 0.692. The van der Waals surface area contributed by atoms with Crippen molar-refractivity contribution in [2.24, 2.45) is 5.92 Å². The number of nitriles is 1. The van der Waals surface area contributed by atoms with Crippen LogP contribution in [0.1, 0.15) is 38.6 Å². The molecule has 0 aromatic carbocycles. The van der Waals surface area contributed by atoms with Crippen molar-refractivity contribution in [2.75, 3.05) is 18.4 Å². The second kappa shape index (κ2) is 5.75. The van der Waals surface area contributed by atoms with Crippen LogP contribution in [0.2, 0.25) is 0 Å². The fourth-order valence-corrected chi connectivity index (χ4v) is 2.75. The van der Waals surface area contributed by atoms with Gasteiger partial charge in [-0.15, -0.1) is 10.2 Å². The number of nitrogens with zero attached hydrogens (tertiary/aromatic N) is 4. The zero-order chi connectivity index (χ0) is 14.8. The Morgan fingerprint density at radius 1 is 1.40 bits per heavy atom. The van der Waals surface area contributed by atoms with E-state index in [9.17, 15) is 4.79 Å². The molecule has 1 fully saturated rings. The lowest BCUT2D eigenvalue weighted by Gasteiger charge is -2.28. The summed E-state index contributed by atoms with van der Waals surface area (Å²) in [6.45, 7) is 7.42. The molecule has 0 radical (unpaired) electrons. The molecule has 1 aromatic rings. The minimum absolute atomic E-state index is 0.0637. The van der Waals surface area contributed by atoms with Gasteiger partial charge in [-0.25, -0.2) is 4.79 Å². The fourth-order valence-electron chi connectivity index (χ4n) is 1.96. The zero-order valence-corrected chi connectivity index (χ0v) is 12.8. The van der Waals surface area contributed by atoms with Gasteiger partial charge in [0, 0.05) is 24.4 Å². The highest BCUT2D eigenvalue weighted by atomic mass is 32.1. The molecule has 108 valence electrons. The van der Waals surface area contributed by atoms with Crippen LogP contribution in [-0.4, -0.2) is 34.2 Å². The van der Waals surface area contributed by atoms with E-state index in [0.29, 0.717) is 18.2 Å². The van der Waals surface area contributed by atoms with Crippen LogP contribution in [0.4, 0.5) is 9.93 Å². The number of carbonyl (C=O) groups excluding carboxylic acids is 1. The van der Waals surface area contributed by atoms with Crippen molar-refractivity contribution < 1.29 is 4.79 Å². The molecule has 2 heterocycles. The number of likely N-dealkylation sites (tertiary alicyclic amines) is 1. The lowest BCUT2D eigenvalue weighted by Crippen LogP contribution is -2.40. The van der Waals surface area contributed by atoms with Gasteiger partial charge in [-0.1, -0.05) is 32.1 Å². The molecule has 2 amide bonds. The van der Waals surface area contributed by atoms with E-state index >= 15 is 0 Å². The first-order chi connectivity index (χ1) is 9.40. The van der Waals surface area contributed by atoms with Crippen LogP contribution in [0.5, 0.6) is 0 Å². The van der Waals surface area contributed by atoms with E-state index in [0.717, 1.165) is 17.8 Å². The molecule has 1 aliphatic rings. The van der Waals surface area contributed by atoms with E-state index < -0.39 is 0 Å². The predicted molar refractivity (Wildman–Crippen MR) is 77.5 cm³/mol. The minimum Gasteiger partial charge on any atom is -0.324 e. The smallest absolute Gasteiger partial charge is 0.323 e. The number of urea groups is 1. The van der Waals surface area contributed by atoms with Crippen LogP contribution in [0, 0.1) is 17.2 Å². The molecule has 0 atom stereocenters. The third kappa shape index (κ3) is 3.45. The number of anilines is 1. The van der Waals surface area contributed by atoms with E-state index in [2.05, 4.69) is 42.4 Å². The largest absolute Gasteiger partial charge is 0.324 e. The maximum Gasteiger partial charge on any atom is 0.323 e. The Bertz CT molecular complexity index is 520. The molecular weight excluding hydrogens is 274 g/mol. The summed E-state index contributed by atoms with van der Waals surface area (Å²) in [4.78, 5) is 13.8. The molecule has 1 aromatic heterocycles. The summed E-state index contributed by atoms with van der Waals surface area (Å²) >= 11 is 1.40. The third-order valence-corrected chi connectivity index (χ3v) is 4.51. The Balaban J connectivity index is 1.92. The molecule has 1 N–H and O–H groups in total. The molecule has 7 heteroatoms. The maximum atomic E-state index is 12.1. The first kappa shape index (κ1) is 14.7. The highest BCUT2D eigenvalue weighted by Crippen LogP contribution is 2.28. The predicted octanol–water partition coefficient (Wildman–Crippen LogP) is 2.60. The number of piperidine rings is 1. The van der Waals surface area contributed by atoms with Gasteiger partial charge >= 0.3 is 6.03 Å². The first-order valence-corrected chi connectivity index (χ1v) is 7.51. The minimum atomic E-state index is -0.155. The average Bonchev–Trinajstić information content (AvgIpc) is 2.87. The Hall–Kier alpha value is -1.68. The lowest BCUT2D eigenvalue weighted by atomic mass is 9.98. The second-order valence-electron chi connectivity index (χ2n) is 5.98. The number of hydrogen-bond donors (Lipinski definition) is 1. The number of amides is 2. The average molecular weight is 293 g/mol. The zero-order valence-electron chi connectivity index (χ0n) is 12.0. The summed E-state index contributed by atoms with van der Waals surface area (Å²) in [5, 5.41) is 21.2. The number of nitrogens with one attached hydrogen (secondary N) is 1. The topological polar surface area (TPSA) is 81.9 Å². The quantitative estimate of drug-likeness (QED) is 0.862. The van der Waals surface area contributed by atoms with Crippen LogP contribution < -0.4 is 5.32 Å². The van der Waals surface area contributed by atoms with Crippen LogP contribution in [-0.2, 0) is 5.41 Å². The Morgan fingerprint density at radius 2 is 2.05 bits per heavy atom. The summed E-state index contributed by atoms with van der Waals surface area (Å²) in [6.07, 6.45) is 1.49. The van der Waals surface area contributed by atoms with E-state index in [4.69, 9.17) is 5.26 Å². The van der Waals surface area contributed by atoms with Crippen molar-refractivity contribution in [3.05, 3.63) is 5.01 Å². The van der Waals surface area contributed by atoms with Crippen molar-refractivity contribution in [1.29, 1.82) is 5.26 Å².